The van der Waals surface area contributed by atoms with E-state index in [0.29, 0.717) is 6.54 Å². The van der Waals surface area contributed by atoms with E-state index in [4.69, 9.17) is 0 Å². The lowest BCUT2D eigenvalue weighted by atomic mass is 10.1. The second kappa shape index (κ2) is 14.0. The molecule has 0 aliphatic heterocycles. The second-order valence-corrected chi connectivity index (χ2v) is 5.89. The Morgan fingerprint density at radius 1 is 0.810 bits per heavy atom. The fourth-order valence-electron chi connectivity index (χ4n) is 2.55. The maximum Gasteiger partial charge on any atom is 0.188 e. The zero-order valence-electron chi connectivity index (χ0n) is 13.7. The lowest BCUT2D eigenvalue weighted by Crippen LogP contribution is -2.15. The van der Waals surface area contributed by atoms with Crippen molar-refractivity contribution in [2.45, 2.75) is 90.5 Å². The van der Waals surface area contributed by atoms with E-state index in [-0.39, 0.29) is 0 Å². The number of tetrazole rings is 1. The fourth-order valence-corrected chi connectivity index (χ4v) is 2.55. The van der Waals surface area contributed by atoms with Gasteiger partial charge in [-0.15, -0.1) is 10.2 Å². The molecule has 0 aliphatic rings. The molecule has 1 aromatic rings. The number of unbranched alkanes of at least 4 members (excludes halogenated alkanes) is 11. The molecule has 0 aliphatic carbocycles. The molecule has 5 heteroatoms. The predicted molar refractivity (Wildman–Crippen MR) is 87.0 cm³/mol. The average Bonchev–Trinajstić information content (AvgIpc) is 3.01. The molecule has 2 N–H and O–H groups in total. The number of hydrogen-bond donors (Lipinski definition) is 2. The zero-order chi connectivity index (χ0) is 15.0. The minimum absolute atomic E-state index is 0.717. The van der Waals surface area contributed by atoms with Gasteiger partial charge in [-0.2, -0.15) is 5.21 Å². The van der Waals surface area contributed by atoms with E-state index in [1.54, 1.807) is 0 Å². The van der Waals surface area contributed by atoms with Crippen LogP contribution in [0.5, 0.6) is 0 Å². The third kappa shape index (κ3) is 11.4. The summed E-state index contributed by atoms with van der Waals surface area (Å²) in [7, 11) is 0. The molecule has 0 unspecified atom stereocenters. The molecule has 5 nitrogen and oxygen atoms in total. The molecule has 0 spiro atoms. The van der Waals surface area contributed by atoms with Gasteiger partial charge in [-0.3, -0.25) is 0 Å². The molecule has 0 atom stereocenters. The summed E-state index contributed by atoms with van der Waals surface area (Å²) in [5.74, 6) is 0.744. The molecule has 0 aromatic carbocycles. The van der Waals surface area contributed by atoms with Crippen molar-refractivity contribution in [1.82, 2.24) is 25.9 Å². The average molecular weight is 295 g/mol. The highest BCUT2D eigenvalue weighted by Crippen LogP contribution is 2.11. The van der Waals surface area contributed by atoms with Crippen molar-refractivity contribution in [1.29, 1.82) is 0 Å². The van der Waals surface area contributed by atoms with Gasteiger partial charge < -0.3 is 5.32 Å². The van der Waals surface area contributed by atoms with Gasteiger partial charge in [-0.1, -0.05) is 82.8 Å². The standard InChI is InChI=1S/C16H33N5/c1-2-3-4-5-6-7-8-9-10-11-12-13-14-17-15-16-18-20-21-19-16/h17H,2-15H2,1H3,(H,18,19,20,21). The van der Waals surface area contributed by atoms with Crippen LogP contribution in [0.3, 0.4) is 0 Å². The lowest BCUT2D eigenvalue weighted by Gasteiger charge is -2.03. The number of hydrogen-bond acceptors (Lipinski definition) is 4. The fraction of sp³-hybridized carbons (Fsp3) is 0.938. The van der Waals surface area contributed by atoms with Gasteiger partial charge in [0.2, 0.25) is 0 Å². The van der Waals surface area contributed by atoms with E-state index in [1.165, 1.54) is 77.0 Å². The van der Waals surface area contributed by atoms with Crippen LogP contribution in [0.1, 0.15) is 89.8 Å². The summed E-state index contributed by atoms with van der Waals surface area (Å²) in [4.78, 5) is 0. The van der Waals surface area contributed by atoms with Crippen LogP contribution in [-0.4, -0.2) is 27.2 Å². The highest BCUT2D eigenvalue weighted by atomic mass is 15.5. The smallest absolute Gasteiger partial charge is 0.188 e. The van der Waals surface area contributed by atoms with E-state index in [9.17, 15) is 0 Å². The molecule has 0 saturated carbocycles. The van der Waals surface area contributed by atoms with E-state index >= 15 is 0 Å². The van der Waals surface area contributed by atoms with Gasteiger partial charge in [-0.05, 0) is 13.0 Å². The number of rotatable bonds is 15. The van der Waals surface area contributed by atoms with Gasteiger partial charge in [0.05, 0.1) is 6.54 Å². The Hall–Kier alpha value is -0.970. The topological polar surface area (TPSA) is 66.5 Å². The van der Waals surface area contributed by atoms with Crippen molar-refractivity contribution in [2.24, 2.45) is 0 Å². The second-order valence-electron chi connectivity index (χ2n) is 5.89. The lowest BCUT2D eigenvalue weighted by molar-refractivity contribution is 0.533. The van der Waals surface area contributed by atoms with Crippen LogP contribution in [0.2, 0.25) is 0 Å². The minimum atomic E-state index is 0.717. The minimum Gasteiger partial charge on any atom is -0.310 e. The summed E-state index contributed by atoms with van der Waals surface area (Å²) >= 11 is 0. The molecule has 0 amide bonds. The Labute approximate surface area is 129 Å². The van der Waals surface area contributed by atoms with Gasteiger partial charge in [0, 0.05) is 0 Å². The first kappa shape index (κ1) is 18.1. The van der Waals surface area contributed by atoms with Gasteiger partial charge in [-0.25, -0.2) is 0 Å². The molecule has 0 bridgehead atoms. The number of H-pyrrole nitrogens is 1. The Morgan fingerprint density at radius 2 is 1.38 bits per heavy atom. The Bertz CT molecular complexity index is 300. The summed E-state index contributed by atoms with van der Waals surface area (Å²) in [6, 6.07) is 0. The Morgan fingerprint density at radius 3 is 1.90 bits per heavy atom. The summed E-state index contributed by atoms with van der Waals surface area (Å²) in [6.45, 7) is 4.04. The summed E-state index contributed by atoms with van der Waals surface area (Å²) in [6.07, 6.45) is 16.7. The Kier molecular flexibility index (Phi) is 12.0. The first-order valence-electron chi connectivity index (χ1n) is 8.86. The number of nitrogens with zero attached hydrogens (tertiary/aromatic N) is 3. The molecular formula is C16H33N5. The quantitative estimate of drug-likeness (QED) is 0.480. The van der Waals surface area contributed by atoms with Gasteiger partial charge in [0.25, 0.3) is 0 Å². The maximum atomic E-state index is 3.91. The molecular weight excluding hydrogens is 262 g/mol. The van der Waals surface area contributed by atoms with Crippen LogP contribution in [-0.2, 0) is 6.54 Å². The molecule has 0 fully saturated rings. The molecule has 1 rings (SSSR count). The highest BCUT2D eigenvalue weighted by Gasteiger charge is 1.96. The predicted octanol–water partition coefficient (Wildman–Crippen LogP) is 3.99. The van der Waals surface area contributed by atoms with Crippen molar-refractivity contribution in [3.63, 3.8) is 0 Å². The van der Waals surface area contributed by atoms with Crippen molar-refractivity contribution in [3.05, 3.63) is 5.82 Å². The molecule has 0 saturated heterocycles. The molecule has 122 valence electrons. The largest absolute Gasteiger partial charge is 0.310 e. The summed E-state index contributed by atoms with van der Waals surface area (Å²) < 4.78 is 0. The highest BCUT2D eigenvalue weighted by molar-refractivity contribution is 4.73. The summed E-state index contributed by atoms with van der Waals surface area (Å²) in [5, 5.41) is 17.1. The number of nitrogens with one attached hydrogen (secondary N) is 2. The van der Waals surface area contributed by atoms with Crippen LogP contribution in [0, 0.1) is 0 Å². The first-order valence-corrected chi connectivity index (χ1v) is 8.86. The molecule has 1 heterocycles. The van der Waals surface area contributed by atoms with Crippen molar-refractivity contribution < 1.29 is 0 Å². The zero-order valence-corrected chi connectivity index (χ0v) is 13.7. The van der Waals surface area contributed by atoms with Crippen molar-refractivity contribution in [3.8, 4) is 0 Å². The van der Waals surface area contributed by atoms with Crippen molar-refractivity contribution >= 4 is 0 Å². The molecule has 0 radical (unpaired) electrons. The molecule has 21 heavy (non-hydrogen) atoms. The monoisotopic (exact) mass is 295 g/mol. The van der Waals surface area contributed by atoms with Crippen LogP contribution >= 0.6 is 0 Å². The van der Waals surface area contributed by atoms with Crippen LogP contribution in [0.15, 0.2) is 0 Å². The number of aromatic amines is 1. The third-order valence-electron chi connectivity index (χ3n) is 3.88. The Balaban J connectivity index is 1.69. The van der Waals surface area contributed by atoms with Gasteiger partial charge in [0.15, 0.2) is 5.82 Å². The third-order valence-corrected chi connectivity index (χ3v) is 3.88. The van der Waals surface area contributed by atoms with Gasteiger partial charge in [0.1, 0.15) is 0 Å². The normalized spacial score (nSPS) is 11.1. The van der Waals surface area contributed by atoms with E-state index in [2.05, 4.69) is 32.9 Å². The van der Waals surface area contributed by atoms with Crippen molar-refractivity contribution in [2.75, 3.05) is 6.54 Å². The van der Waals surface area contributed by atoms with E-state index in [0.717, 1.165) is 12.4 Å². The van der Waals surface area contributed by atoms with Crippen LogP contribution in [0.4, 0.5) is 0 Å². The van der Waals surface area contributed by atoms with Gasteiger partial charge >= 0.3 is 0 Å². The van der Waals surface area contributed by atoms with Crippen LogP contribution in [0.25, 0.3) is 0 Å². The maximum absolute atomic E-state index is 3.91. The summed E-state index contributed by atoms with van der Waals surface area (Å²) in [5.41, 5.74) is 0. The SMILES string of the molecule is CCCCCCCCCCCCCCNCc1nn[nH]n1. The number of aromatic nitrogens is 4. The van der Waals surface area contributed by atoms with E-state index < -0.39 is 0 Å². The van der Waals surface area contributed by atoms with Crippen LogP contribution < -0.4 is 5.32 Å². The van der Waals surface area contributed by atoms with E-state index in [1.807, 2.05) is 0 Å². The molecule has 1 aromatic heterocycles. The first-order chi connectivity index (χ1) is 10.4.